The number of carbonyl (C=O) groups excluding carboxylic acids is 1. The van der Waals surface area contributed by atoms with Gasteiger partial charge in [-0.25, -0.2) is 18.6 Å². The maximum Gasteiger partial charge on any atom is 0.271 e. The van der Waals surface area contributed by atoms with Crippen molar-refractivity contribution in [2.75, 3.05) is 0 Å². The Morgan fingerprint density at radius 2 is 1.79 bits per heavy atom. The molecule has 0 radical (unpaired) electrons. The van der Waals surface area contributed by atoms with E-state index >= 15 is 0 Å². The number of aromatic nitrogens is 1. The van der Waals surface area contributed by atoms with Crippen molar-refractivity contribution >= 4 is 21.6 Å². The highest BCUT2D eigenvalue weighted by Gasteiger charge is 2.14. The molecule has 0 saturated heterocycles. The summed E-state index contributed by atoms with van der Waals surface area (Å²) in [6.07, 6.45) is 4.52. The van der Waals surface area contributed by atoms with Crippen LogP contribution in [-0.2, 0) is 16.6 Å². The van der Waals surface area contributed by atoms with Crippen molar-refractivity contribution in [3.63, 3.8) is 0 Å². The van der Waals surface area contributed by atoms with E-state index in [2.05, 4.69) is 20.2 Å². The molecule has 2 N–H and O–H groups in total. The summed E-state index contributed by atoms with van der Waals surface area (Å²) in [4.78, 5) is 16.0. The number of nitrogens with zero attached hydrogens (tertiary/aromatic N) is 2. The number of furan rings is 1. The summed E-state index contributed by atoms with van der Waals surface area (Å²) in [5, 5.41) is 4.05. The quantitative estimate of drug-likeness (QED) is 0.468. The summed E-state index contributed by atoms with van der Waals surface area (Å²) in [5.41, 5.74) is 4.12. The van der Waals surface area contributed by atoms with Gasteiger partial charge in [0.15, 0.2) is 0 Å². The maximum atomic E-state index is 12.3. The fraction of sp³-hybridized carbons (Fsp3) is 0.105. The van der Waals surface area contributed by atoms with E-state index in [-0.39, 0.29) is 17.3 Å². The van der Waals surface area contributed by atoms with Gasteiger partial charge in [0.2, 0.25) is 10.0 Å². The number of amides is 1. The number of hydrazone groups is 1. The molecular formula is C19H18N4O4S. The van der Waals surface area contributed by atoms with Gasteiger partial charge in [-0.1, -0.05) is 12.1 Å². The lowest BCUT2D eigenvalue weighted by molar-refractivity contribution is 0.0954. The third-order valence-corrected chi connectivity index (χ3v) is 5.28. The normalized spacial score (nSPS) is 12.0. The van der Waals surface area contributed by atoms with Crippen LogP contribution in [0.15, 0.2) is 81.6 Å². The third-order valence-electron chi connectivity index (χ3n) is 3.87. The molecule has 144 valence electrons. The minimum absolute atomic E-state index is 0.0681. The first-order chi connectivity index (χ1) is 13.5. The molecule has 0 aliphatic heterocycles. The van der Waals surface area contributed by atoms with Gasteiger partial charge in [0, 0.05) is 18.0 Å². The van der Waals surface area contributed by atoms with Crippen molar-refractivity contribution in [2.24, 2.45) is 5.10 Å². The largest absolute Gasteiger partial charge is 0.468 e. The molecule has 2 aromatic heterocycles. The van der Waals surface area contributed by atoms with Gasteiger partial charge in [-0.2, -0.15) is 5.10 Å². The van der Waals surface area contributed by atoms with Crippen LogP contribution < -0.4 is 10.1 Å². The molecule has 1 aromatic carbocycles. The van der Waals surface area contributed by atoms with Crippen LogP contribution in [0.1, 0.15) is 28.6 Å². The first kappa shape index (κ1) is 19.5. The lowest BCUT2D eigenvalue weighted by Crippen LogP contribution is -2.23. The molecule has 8 nitrogen and oxygen atoms in total. The average Bonchev–Trinajstić information content (AvgIpc) is 3.25. The number of benzene rings is 1. The van der Waals surface area contributed by atoms with E-state index in [1.807, 2.05) is 0 Å². The molecule has 3 rings (SSSR count). The number of hydrogen-bond donors (Lipinski definition) is 2. The molecule has 0 aliphatic rings. The Kier molecular flexibility index (Phi) is 5.97. The standard InChI is InChI=1S/C19H18N4O4S/c1-14(22-23-19(24)16-8-10-20-11-9-16)15-4-6-18(7-5-15)28(25,26)21-13-17-3-2-12-27-17/h2-12,21H,13H2,1H3,(H,23,24)/b22-14+. The lowest BCUT2D eigenvalue weighted by atomic mass is 10.1. The second kappa shape index (κ2) is 8.59. The Balaban J connectivity index is 1.65. The van der Waals surface area contributed by atoms with Crippen LogP contribution in [0.25, 0.3) is 0 Å². The summed E-state index contributed by atoms with van der Waals surface area (Å²) >= 11 is 0. The van der Waals surface area contributed by atoms with Crippen molar-refractivity contribution in [2.45, 2.75) is 18.4 Å². The average molecular weight is 398 g/mol. The number of pyridine rings is 1. The van der Waals surface area contributed by atoms with E-state index in [1.54, 1.807) is 43.3 Å². The Morgan fingerprint density at radius 1 is 1.07 bits per heavy atom. The first-order valence-corrected chi connectivity index (χ1v) is 9.81. The number of hydrogen-bond acceptors (Lipinski definition) is 6. The SMILES string of the molecule is C/C(=N\NC(=O)c1ccncc1)c1ccc(S(=O)(=O)NCc2ccco2)cc1. The van der Waals surface area contributed by atoms with Crippen LogP contribution in [0.4, 0.5) is 0 Å². The van der Waals surface area contributed by atoms with Crippen LogP contribution in [0.5, 0.6) is 0 Å². The van der Waals surface area contributed by atoms with Gasteiger partial charge in [0.1, 0.15) is 5.76 Å². The smallest absolute Gasteiger partial charge is 0.271 e. The highest BCUT2D eigenvalue weighted by molar-refractivity contribution is 7.89. The van der Waals surface area contributed by atoms with E-state index < -0.39 is 10.0 Å². The lowest BCUT2D eigenvalue weighted by Gasteiger charge is -2.07. The van der Waals surface area contributed by atoms with Gasteiger partial charge in [-0.05, 0) is 48.9 Å². The Labute approximate surface area is 162 Å². The van der Waals surface area contributed by atoms with Crippen LogP contribution in [-0.4, -0.2) is 25.0 Å². The zero-order valence-corrected chi connectivity index (χ0v) is 15.8. The van der Waals surface area contributed by atoms with Gasteiger partial charge in [0.05, 0.1) is 23.4 Å². The molecule has 2 heterocycles. The molecule has 0 spiro atoms. The van der Waals surface area contributed by atoms with Gasteiger partial charge < -0.3 is 4.42 Å². The molecule has 0 saturated carbocycles. The molecule has 0 aliphatic carbocycles. The molecular weight excluding hydrogens is 380 g/mol. The van der Waals surface area contributed by atoms with Gasteiger partial charge in [-0.3, -0.25) is 9.78 Å². The summed E-state index contributed by atoms with van der Waals surface area (Å²) < 4.78 is 32.3. The minimum atomic E-state index is -3.67. The topological polar surface area (TPSA) is 114 Å². The predicted molar refractivity (Wildman–Crippen MR) is 103 cm³/mol. The number of rotatable bonds is 7. The molecule has 28 heavy (non-hydrogen) atoms. The van der Waals surface area contributed by atoms with E-state index in [9.17, 15) is 13.2 Å². The summed E-state index contributed by atoms with van der Waals surface area (Å²) in [7, 11) is -3.67. The molecule has 0 unspecified atom stereocenters. The fourth-order valence-corrected chi connectivity index (χ4v) is 3.30. The monoisotopic (exact) mass is 398 g/mol. The fourth-order valence-electron chi connectivity index (χ4n) is 2.30. The van der Waals surface area contributed by atoms with Crippen molar-refractivity contribution < 1.29 is 17.6 Å². The van der Waals surface area contributed by atoms with Gasteiger partial charge >= 0.3 is 0 Å². The number of nitrogens with one attached hydrogen (secondary N) is 2. The molecule has 0 atom stereocenters. The van der Waals surface area contributed by atoms with Crippen LogP contribution >= 0.6 is 0 Å². The van der Waals surface area contributed by atoms with Crippen LogP contribution in [0.3, 0.4) is 0 Å². The summed E-state index contributed by atoms with van der Waals surface area (Å²) in [6, 6.07) is 12.7. The number of sulfonamides is 1. The predicted octanol–water partition coefficient (Wildman–Crippen LogP) is 2.31. The molecule has 0 fully saturated rings. The van der Waals surface area contributed by atoms with E-state index in [1.165, 1.54) is 30.8 Å². The highest BCUT2D eigenvalue weighted by atomic mass is 32.2. The van der Waals surface area contributed by atoms with Crippen molar-refractivity contribution in [3.05, 3.63) is 84.1 Å². The van der Waals surface area contributed by atoms with E-state index in [4.69, 9.17) is 4.42 Å². The summed E-state index contributed by atoms with van der Waals surface area (Å²) in [6.45, 7) is 1.78. The van der Waals surface area contributed by atoms with Crippen molar-refractivity contribution in [1.29, 1.82) is 0 Å². The highest BCUT2D eigenvalue weighted by Crippen LogP contribution is 2.12. The summed E-state index contributed by atoms with van der Waals surface area (Å²) in [5.74, 6) is 0.163. The molecule has 0 bridgehead atoms. The minimum Gasteiger partial charge on any atom is -0.468 e. The maximum absolute atomic E-state index is 12.3. The zero-order chi connectivity index (χ0) is 20.0. The second-order valence-electron chi connectivity index (χ2n) is 5.80. The second-order valence-corrected chi connectivity index (χ2v) is 7.57. The zero-order valence-electron chi connectivity index (χ0n) is 15.0. The van der Waals surface area contributed by atoms with E-state index in [0.717, 1.165) is 0 Å². The molecule has 9 heteroatoms. The van der Waals surface area contributed by atoms with Crippen LogP contribution in [0.2, 0.25) is 0 Å². The molecule has 1 amide bonds. The van der Waals surface area contributed by atoms with Gasteiger partial charge in [-0.15, -0.1) is 0 Å². The van der Waals surface area contributed by atoms with Gasteiger partial charge in [0.25, 0.3) is 5.91 Å². The third kappa shape index (κ3) is 4.90. The first-order valence-electron chi connectivity index (χ1n) is 8.33. The Bertz CT molecular complexity index is 1060. The Morgan fingerprint density at radius 3 is 2.43 bits per heavy atom. The Hall–Kier alpha value is -3.30. The van der Waals surface area contributed by atoms with Crippen molar-refractivity contribution in [3.8, 4) is 0 Å². The van der Waals surface area contributed by atoms with Crippen LogP contribution in [0, 0.1) is 0 Å². The molecule has 3 aromatic rings. The number of carbonyl (C=O) groups is 1. The van der Waals surface area contributed by atoms with E-state index in [0.29, 0.717) is 22.6 Å². The van der Waals surface area contributed by atoms with Crippen molar-refractivity contribution in [1.82, 2.24) is 15.1 Å².